The molecule has 0 spiro atoms. The van der Waals surface area contributed by atoms with Gasteiger partial charge in [-0.05, 0) is 6.92 Å². The Morgan fingerprint density at radius 3 is 3.13 bits per heavy atom. The summed E-state index contributed by atoms with van der Waals surface area (Å²) >= 11 is 2.79. The molecule has 7 nitrogen and oxygen atoms in total. The summed E-state index contributed by atoms with van der Waals surface area (Å²) in [4.78, 5) is 35.3. The van der Waals surface area contributed by atoms with Gasteiger partial charge in [0.05, 0.1) is 11.4 Å². The number of fused-ring (bicyclic) bond motifs is 1. The van der Waals surface area contributed by atoms with Crippen molar-refractivity contribution in [1.82, 2.24) is 24.7 Å². The molecule has 2 N–H and O–H groups in total. The van der Waals surface area contributed by atoms with Gasteiger partial charge in [-0.25, -0.2) is 9.97 Å². The standard InChI is InChI=1S/C14H15N5O2S2/c1-9-6-11(20)18-13(16-9)23-8-12(21)15-3-2-10-7-19-4-5-22-14(19)17-10/h4-7H,2-3,8H2,1H3,(H,15,21)(H,16,18,20). The first kappa shape index (κ1) is 15.8. The van der Waals surface area contributed by atoms with Gasteiger partial charge in [-0.2, -0.15) is 0 Å². The topological polar surface area (TPSA) is 92.2 Å². The number of rotatable bonds is 6. The van der Waals surface area contributed by atoms with Crippen molar-refractivity contribution in [2.75, 3.05) is 12.3 Å². The zero-order valence-corrected chi connectivity index (χ0v) is 14.0. The Hall–Kier alpha value is -2.13. The first-order valence-corrected chi connectivity index (χ1v) is 8.85. The monoisotopic (exact) mass is 349 g/mol. The number of amides is 1. The average Bonchev–Trinajstić information content (AvgIpc) is 3.05. The van der Waals surface area contributed by atoms with E-state index < -0.39 is 0 Å². The van der Waals surface area contributed by atoms with Crippen LogP contribution in [0.15, 0.2) is 33.8 Å². The SMILES string of the molecule is Cc1cc(=O)[nH]c(SCC(=O)NCCc2cn3ccsc3n2)n1. The fourth-order valence-corrected chi connectivity index (χ4v) is 3.50. The van der Waals surface area contributed by atoms with Crippen LogP contribution >= 0.6 is 23.1 Å². The highest BCUT2D eigenvalue weighted by molar-refractivity contribution is 7.99. The number of aryl methyl sites for hydroxylation is 1. The molecule has 3 aromatic heterocycles. The minimum Gasteiger partial charge on any atom is -0.355 e. The number of hydrogen-bond donors (Lipinski definition) is 2. The molecular weight excluding hydrogens is 334 g/mol. The zero-order chi connectivity index (χ0) is 16.2. The van der Waals surface area contributed by atoms with Crippen molar-refractivity contribution in [2.45, 2.75) is 18.5 Å². The lowest BCUT2D eigenvalue weighted by Crippen LogP contribution is -2.27. The largest absolute Gasteiger partial charge is 0.355 e. The number of thiazole rings is 1. The molecule has 9 heteroatoms. The highest BCUT2D eigenvalue weighted by atomic mass is 32.2. The van der Waals surface area contributed by atoms with E-state index in [0.29, 0.717) is 23.8 Å². The molecule has 3 aromatic rings. The second-order valence-electron chi connectivity index (χ2n) is 4.91. The van der Waals surface area contributed by atoms with Gasteiger partial charge in [0.25, 0.3) is 5.56 Å². The summed E-state index contributed by atoms with van der Waals surface area (Å²) in [6.07, 6.45) is 4.61. The van der Waals surface area contributed by atoms with Crippen LogP contribution in [0, 0.1) is 6.92 Å². The Balaban J connectivity index is 1.44. The van der Waals surface area contributed by atoms with Crippen molar-refractivity contribution >= 4 is 34.0 Å². The lowest BCUT2D eigenvalue weighted by molar-refractivity contribution is -0.118. The van der Waals surface area contributed by atoms with Gasteiger partial charge >= 0.3 is 0 Å². The average molecular weight is 349 g/mol. The van der Waals surface area contributed by atoms with Crippen LogP contribution in [0.5, 0.6) is 0 Å². The van der Waals surface area contributed by atoms with Crippen molar-refractivity contribution in [3.63, 3.8) is 0 Å². The lowest BCUT2D eigenvalue weighted by Gasteiger charge is -2.04. The number of H-pyrrole nitrogens is 1. The van der Waals surface area contributed by atoms with Gasteiger partial charge in [0.1, 0.15) is 0 Å². The van der Waals surface area contributed by atoms with Crippen molar-refractivity contribution in [3.8, 4) is 0 Å². The van der Waals surface area contributed by atoms with E-state index in [-0.39, 0.29) is 17.2 Å². The smallest absolute Gasteiger partial charge is 0.251 e. The van der Waals surface area contributed by atoms with Crippen molar-refractivity contribution < 1.29 is 4.79 Å². The molecule has 0 saturated heterocycles. The number of aromatic amines is 1. The summed E-state index contributed by atoms with van der Waals surface area (Å²) in [6, 6.07) is 1.42. The first-order chi connectivity index (χ1) is 11.1. The molecule has 0 unspecified atom stereocenters. The van der Waals surface area contributed by atoms with Gasteiger partial charge in [0.15, 0.2) is 10.1 Å². The van der Waals surface area contributed by atoms with E-state index in [1.54, 1.807) is 18.3 Å². The maximum absolute atomic E-state index is 11.8. The fraction of sp³-hybridized carbons (Fsp3) is 0.286. The minimum atomic E-state index is -0.208. The van der Waals surface area contributed by atoms with Gasteiger partial charge in [-0.3, -0.25) is 14.0 Å². The number of imidazole rings is 1. The maximum Gasteiger partial charge on any atom is 0.251 e. The van der Waals surface area contributed by atoms with Gasteiger partial charge in [-0.15, -0.1) is 11.3 Å². The van der Waals surface area contributed by atoms with E-state index in [0.717, 1.165) is 10.7 Å². The lowest BCUT2D eigenvalue weighted by atomic mass is 10.3. The second-order valence-corrected chi connectivity index (χ2v) is 6.74. The van der Waals surface area contributed by atoms with E-state index in [1.165, 1.54) is 17.8 Å². The van der Waals surface area contributed by atoms with Gasteiger partial charge in [-0.1, -0.05) is 11.8 Å². The predicted octanol–water partition coefficient (Wildman–Crippen LogP) is 1.24. The van der Waals surface area contributed by atoms with E-state index in [4.69, 9.17) is 0 Å². The number of thioether (sulfide) groups is 1. The number of carbonyl (C=O) groups excluding carboxylic acids is 1. The fourth-order valence-electron chi connectivity index (χ4n) is 2.03. The van der Waals surface area contributed by atoms with Gasteiger partial charge in [0, 0.05) is 42.5 Å². The normalized spacial score (nSPS) is 11.0. The molecule has 0 saturated carbocycles. The molecular formula is C14H15N5O2S2. The number of carbonyl (C=O) groups is 1. The zero-order valence-electron chi connectivity index (χ0n) is 12.4. The summed E-state index contributed by atoms with van der Waals surface area (Å²) in [5, 5.41) is 5.28. The number of aromatic nitrogens is 4. The molecule has 0 aliphatic carbocycles. The van der Waals surface area contributed by atoms with E-state index in [9.17, 15) is 9.59 Å². The van der Waals surface area contributed by atoms with Crippen LogP contribution in [0.2, 0.25) is 0 Å². The van der Waals surface area contributed by atoms with Crippen molar-refractivity contribution in [1.29, 1.82) is 0 Å². The van der Waals surface area contributed by atoms with Gasteiger partial charge < -0.3 is 10.3 Å². The van der Waals surface area contributed by atoms with Crippen LogP contribution in [0.25, 0.3) is 4.96 Å². The molecule has 0 aliphatic heterocycles. The summed E-state index contributed by atoms with van der Waals surface area (Å²) in [5.74, 6) is 0.116. The highest BCUT2D eigenvalue weighted by Crippen LogP contribution is 2.12. The maximum atomic E-state index is 11.8. The molecule has 0 radical (unpaired) electrons. The molecule has 23 heavy (non-hydrogen) atoms. The Labute approximate surface area is 140 Å². The van der Waals surface area contributed by atoms with Crippen molar-refractivity contribution in [3.05, 3.63) is 45.6 Å². The van der Waals surface area contributed by atoms with Crippen LogP contribution in [0.3, 0.4) is 0 Å². The van der Waals surface area contributed by atoms with E-state index >= 15 is 0 Å². The predicted molar refractivity (Wildman–Crippen MR) is 90.1 cm³/mol. The van der Waals surface area contributed by atoms with E-state index in [1.807, 2.05) is 22.2 Å². The third-order valence-electron chi connectivity index (χ3n) is 3.03. The molecule has 120 valence electrons. The number of nitrogens with zero attached hydrogens (tertiary/aromatic N) is 3. The summed E-state index contributed by atoms with van der Waals surface area (Å²) in [7, 11) is 0. The molecule has 0 fully saturated rings. The number of hydrogen-bond acceptors (Lipinski definition) is 6. The Morgan fingerprint density at radius 2 is 2.35 bits per heavy atom. The van der Waals surface area contributed by atoms with Crippen LogP contribution in [-0.2, 0) is 11.2 Å². The molecule has 0 aromatic carbocycles. The number of nitrogens with one attached hydrogen (secondary N) is 2. The Kier molecular flexibility index (Phi) is 4.77. The van der Waals surface area contributed by atoms with Crippen LogP contribution < -0.4 is 10.9 Å². The summed E-state index contributed by atoms with van der Waals surface area (Å²) in [6.45, 7) is 2.27. The second kappa shape index (κ2) is 6.97. The molecule has 3 heterocycles. The van der Waals surface area contributed by atoms with Crippen LogP contribution in [0.4, 0.5) is 0 Å². The van der Waals surface area contributed by atoms with Crippen LogP contribution in [0.1, 0.15) is 11.4 Å². The molecule has 0 aliphatic rings. The van der Waals surface area contributed by atoms with Crippen LogP contribution in [-0.4, -0.2) is 37.6 Å². The first-order valence-electron chi connectivity index (χ1n) is 6.99. The third kappa shape index (κ3) is 4.20. The van der Waals surface area contributed by atoms with E-state index in [2.05, 4.69) is 20.3 Å². The molecule has 0 atom stereocenters. The summed E-state index contributed by atoms with van der Waals surface area (Å²) in [5.41, 5.74) is 1.38. The quantitative estimate of drug-likeness (QED) is 0.516. The highest BCUT2D eigenvalue weighted by Gasteiger charge is 2.06. The molecule has 0 bridgehead atoms. The van der Waals surface area contributed by atoms with Gasteiger partial charge in [0.2, 0.25) is 5.91 Å². The van der Waals surface area contributed by atoms with Crippen molar-refractivity contribution in [2.24, 2.45) is 0 Å². The minimum absolute atomic E-state index is 0.0971. The Bertz CT molecular complexity index is 854. The Morgan fingerprint density at radius 1 is 1.48 bits per heavy atom. The third-order valence-corrected chi connectivity index (χ3v) is 4.68. The molecule has 1 amide bonds. The summed E-state index contributed by atoms with van der Waals surface area (Å²) < 4.78 is 1.97. The molecule has 3 rings (SSSR count).